The highest BCUT2D eigenvalue weighted by molar-refractivity contribution is 5.90. The molecule has 9 nitrogen and oxygen atoms in total. The van der Waals surface area contributed by atoms with Crippen molar-refractivity contribution in [3.8, 4) is 0 Å². The molecule has 0 aromatic rings. The molecule has 1 heterocycles. The van der Waals surface area contributed by atoms with Crippen molar-refractivity contribution < 1.29 is 44.3 Å². The number of aliphatic carboxylic acids is 4. The first-order valence-electron chi connectivity index (χ1n) is 4.26. The summed E-state index contributed by atoms with van der Waals surface area (Å²) in [6, 6.07) is 0. The Labute approximate surface area is 93.2 Å². The van der Waals surface area contributed by atoms with Gasteiger partial charge in [0.1, 0.15) is 12.2 Å². The standard InChI is InChI=1S/C8H8O9/c9-5(10)1-2(6(11)12)4(8(15)16)17-3(1)7(13)14/h1-4H,(H,9,10)(H,11,12)(H,13,14)(H,15,16)/p-4. The molecule has 9 heteroatoms. The lowest BCUT2D eigenvalue weighted by atomic mass is 9.87. The van der Waals surface area contributed by atoms with Gasteiger partial charge in [-0.05, 0) is 0 Å². The van der Waals surface area contributed by atoms with E-state index in [-0.39, 0.29) is 0 Å². The molecule has 0 N–H and O–H groups in total. The zero-order chi connectivity index (χ0) is 13.3. The fourth-order valence-electron chi connectivity index (χ4n) is 1.65. The van der Waals surface area contributed by atoms with E-state index in [0.717, 1.165) is 0 Å². The fraction of sp³-hybridized carbons (Fsp3) is 0.500. The number of carboxylic acid groups (broad SMARTS) is 4. The van der Waals surface area contributed by atoms with Crippen LogP contribution in [-0.2, 0) is 23.9 Å². The molecule has 0 saturated carbocycles. The van der Waals surface area contributed by atoms with E-state index in [1.54, 1.807) is 0 Å². The minimum absolute atomic E-state index is 2.06. The molecule has 1 rings (SSSR count). The SMILES string of the molecule is O=C([O-])C1OC(C(=O)[O-])C(C(=O)[O-])C1C(=O)[O-]. The maximum Gasteiger partial charge on any atom is 0.106 e. The molecule has 1 fully saturated rings. The molecular weight excluding hydrogens is 240 g/mol. The summed E-state index contributed by atoms with van der Waals surface area (Å²) < 4.78 is 4.27. The lowest BCUT2D eigenvalue weighted by Crippen LogP contribution is -2.52. The number of rotatable bonds is 4. The number of hydrogen-bond donors (Lipinski definition) is 0. The number of carboxylic acids is 4. The smallest absolute Gasteiger partial charge is 0.106 e. The third kappa shape index (κ3) is 2.18. The Hall–Kier alpha value is -2.16. The maximum atomic E-state index is 10.6. The summed E-state index contributed by atoms with van der Waals surface area (Å²) in [5.74, 6) is -12.7. The second-order valence-electron chi connectivity index (χ2n) is 3.30. The molecule has 1 aliphatic rings. The van der Waals surface area contributed by atoms with Gasteiger partial charge in [-0.25, -0.2) is 0 Å². The third-order valence-corrected chi connectivity index (χ3v) is 2.34. The summed E-state index contributed by atoms with van der Waals surface area (Å²) in [5.41, 5.74) is 0. The normalized spacial score (nSPS) is 32.0. The van der Waals surface area contributed by atoms with Crippen molar-refractivity contribution in [2.24, 2.45) is 11.8 Å². The summed E-state index contributed by atoms with van der Waals surface area (Å²) in [4.78, 5) is 42.2. The first kappa shape index (κ1) is 12.9. The van der Waals surface area contributed by atoms with Gasteiger partial charge in [0.2, 0.25) is 0 Å². The Morgan fingerprint density at radius 2 is 0.941 bits per heavy atom. The monoisotopic (exact) mass is 244 g/mol. The van der Waals surface area contributed by atoms with Crippen LogP contribution in [0.25, 0.3) is 0 Å². The molecule has 1 aliphatic heterocycles. The molecule has 0 aromatic carbocycles. The summed E-state index contributed by atoms with van der Waals surface area (Å²) in [7, 11) is 0. The minimum Gasteiger partial charge on any atom is -0.550 e. The first-order valence-corrected chi connectivity index (χ1v) is 4.26. The number of hydrogen-bond acceptors (Lipinski definition) is 9. The molecule has 0 spiro atoms. The molecule has 0 aliphatic carbocycles. The van der Waals surface area contributed by atoms with Crippen LogP contribution in [0.1, 0.15) is 0 Å². The van der Waals surface area contributed by atoms with Gasteiger partial charge in [0.15, 0.2) is 0 Å². The van der Waals surface area contributed by atoms with E-state index >= 15 is 0 Å². The van der Waals surface area contributed by atoms with Crippen molar-refractivity contribution in [2.75, 3.05) is 0 Å². The Balaban J connectivity index is 3.17. The van der Waals surface area contributed by atoms with Crippen LogP contribution in [-0.4, -0.2) is 36.1 Å². The van der Waals surface area contributed by atoms with Crippen LogP contribution < -0.4 is 20.4 Å². The highest BCUT2D eigenvalue weighted by atomic mass is 16.6. The molecule has 0 amide bonds. The van der Waals surface area contributed by atoms with Crippen LogP contribution in [0.3, 0.4) is 0 Å². The van der Waals surface area contributed by atoms with Crippen molar-refractivity contribution in [3.05, 3.63) is 0 Å². The third-order valence-electron chi connectivity index (χ3n) is 2.34. The number of carbonyl (C=O) groups excluding carboxylic acids is 4. The number of ether oxygens (including phenoxy) is 1. The summed E-state index contributed by atoms with van der Waals surface area (Å²) in [6.07, 6.45) is -4.49. The maximum absolute atomic E-state index is 10.6. The van der Waals surface area contributed by atoms with Gasteiger partial charge in [-0.2, -0.15) is 0 Å². The molecule has 0 bridgehead atoms. The topological polar surface area (TPSA) is 170 Å². The van der Waals surface area contributed by atoms with Gasteiger partial charge in [0, 0.05) is 23.8 Å². The van der Waals surface area contributed by atoms with Gasteiger partial charge >= 0.3 is 0 Å². The number of carbonyl (C=O) groups is 4. The van der Waals surface area contributed by atoms with Crippen LogP contribution >= 0.6 is 0 Å². The molecule has 1 saturated heterocycles. The summed E-state index contributed by atoms with van der Waals surface area (Å²) in [5, 5.41) is 42.2. The average molecular weight is 244 g/mol. The van der Waals surface area contributed by atoms with Crippen molar-refractivity contribution in [1.29, 1.82) is 0 Å². The van der Waals surface area contributed by atoms with E-state index in [4.69, 9.17) is 0 Å². The quantitative estimate of drug-likeness (QED) is 0.465. The predicted octanol–water partition coefficient (Wildman–Crippen LogP) is -7.01. The zero-order valence-electron chi connectivity index (χ0n) is 7.98. The Morgan fingerprint density at radius 1 is 0.647 bits per heavy atom. The molecular formula is C8H4O9-4. The van der Waals surface area contributed by atoms with Gasteiger partial charge in [-0.3, -0.25) is 0 Å². The summed E-state index contributed by atoms with van der Waals surface area (Å²) in [6.45, 7) is 0. The van der Waals surface area contributed by atoms with Crippen molar-refractivity contribution in [2.45, 2.75) is 12.2 Å². The van der Waals surface area contributed by atoms with Crippen LogP contribution in [0.2, 0.25) is 0 Å². The van der Waals surface area contributed by atoms with Gasteiger partial charge < -0.3 is 44.3 Å². The van der Waals surface area contributed by atoms with Gasteiger partial charge in [0.05, 0.1) is 11.9 Å². The average Bonchev–Trinajstić information content (AvgIpc) is 2.56. The van der Waals surface area contributed by atoms with Crippen molar-refractivity contribution in [1.82, 2.24) is 0 Å². The van der Waals surface area contributed by atoms with Crippen LogP contribution in [0.15, 0.2) is 0 Å². The second kappa shape index (κ2) is 4.37. The van der Waals surface area contributed by atoms with Gasteiger partial charge in [-0.15, -0.1) is 0 Å². The van der Waals surface area contributed by atoms with Crippen molar-refractivity contribution >= 4 is 23.9 Å². The lowest BCUT2D eigenvalue weighted by Gasteiger charge is -2.26. The Kier molecular flexibility index (Phi) is 3.32. The second-order valence-corrected chi connectivity index (χ2v) is 3.30. The van der Waals surface area contributed by atoms with Crippen molar-refractivity contribution in [3.63, 3.8) is 0 Å². The molecule has 17 heavy (non-hydrogen) atoms. The van der Waals surface area contributed by atoms with Crippen LogP contribution in [0, 0.1) is 11.8 Å². The van der Waals surface area contributed by atoms with E-state index in [2.05, 4.69) is 4.74 Å². The molecule has 94 valence electrons. The van der Waals surface area contributed by atoms with E-state index in [9.17, 15) is 39.6 Å². The largest absolute Gasteiger partial charge is 0.550 e. The molecule has 0 aromatic heterocycles. The lowest BCUT2D eigenvalue weighted by molar-refractivity contribution is -0.332. The Bertz CT molecular complexity index is 350. The molecule has 4 unspecified atom stereocenters. The first-order chi connectivity index (χ1) is 7.77. The van der Waals surface area contributed by atoms with E-state index in [1.165, 1.54) is 0 Å². The van der Waals surface area contributed by atoms with E-state index in [1.807, 2.05) is 0 Å². The van der Waals surface area contributed by atoms with Crippen LogP contribution in [0.5, 0.6) is 0 Å². The molecule has 4 atom stereocenters. The van der Waals surface area contributed by atoms with Crippen LogP contribution in [0.4, 0.5) is 0 Å². The predicted molar refractivity (Wildman–Crippen MR) is 35.7 cm³/mol. The highest BCUT2D eigenvalue weighted by Crippen LogP contribution is 2.32. The molecule has 0 radical (unpaired) electrons. The Morgan fingerprint density at radius 3 is 1.12 bits per heavy atom. The minimum atomic E-state index is -2.24. The van der Waals surface area contributed by atoms with Gasteiger partial charge in [-0.1, -0.05) is 0 Å². The van der Waals surface area contributed by atoms with E-state index < -0.39 is 47.9 Å². The highest BCUT2D eigenvalue weighted by Gasteiger charge is 2.47. The van der Waals surface area contributed by atoms with Gasteiger partial charge in [0.25, 0.3) is 0 Å². The fourth-order valence-corrected chi connectivity index (χ4v) is 1.65. The van der Waals surface area contributed by atoms with E-state index in [0.29, 0.717) is 0 Å². The summed E-state index contributed by atoms with van der Waals surface area (Å²) >= 11 is 0. The zero-order valence-corrected chi connectivity index (χ0v) is 7.98.